The number of rotatable bonds is 4. The van der Waals surface area contributed by atoms with Crippen LogP contribution in [0.5, 0.6) is 0 Å². The Kier molecular flexibility index (Phi) is 4.97. The summed E-state index contributed by atoms with van der Waals surface area (Å²) in [4.78, 5) is 13.9. The molecule has 0 bridgehead atoms. The van der Waals surface area contributed by atoms with Crippen molar-refractivity contribution in [2.24, 2.45) is 0 Å². The summed E-state index contributed by atoms with van der Waals surface area (Å²) in [6.45, 7) is 1.19. The molecule has 0 N–H and O–H groups in total. The van der Waals surface area contributed by atoms with Crippen LogP contribution in [0.1, 0.15) is 37.3 Å². The normalized spacial score (nSPS) is 21.1. The highest BCUT2D eigenvalue weighted by Crippen LogP contribution is 2.37. The average Bonchev–Trinajstić information content (AvgIpc) is 3.32. The highest BCUT2D eigenvalue weighted by Gasteiger charge is 2.36. The zero-order valence-corrected chi connectivity index (χ0v) is 16.4. The van der Waals surface area contributed by atoms with Gasteiger partial charge in [-0.2, -0.15) is 4.31 Å². The number of anilines is 1. The molecule has 27 heavy (non-hydrogen) atoms. The molecule has 2 aromatic rings. The van der Waals surface area contributed by atoms with Crippen molar-refractivity contribution >= 4 is 33.2 Å². The van der Waals surface area contributed by atoms with Gasteiger partial charge in [0.15, 0.2) is 0 Å². The third-order valence-corrected chi connectivity index (χ3v) is 7.46. The fraction of sp³-hybridized carbons (Fsp3) is 0.350. The molecule has 2 aliphatic rings. The quantitative estimate of drug-likeness (QED) is 0.774. The Hall–Kier alpha value is -1.89. The number of hydrogen-bond acceptors (Lipinski definition) is 3. The van der Waals surface area contributed by atoms with Gasteiger partial charge >= 0.3 is 0 Å². The van der Waals surface area contributed by atoms with Gasteiger partial charge in [-0.1, -0.05) is 23.7 Å². The van der Waals surface area contributed by atoms with Gasteiger partial charge < -0.3 is 4.90 Å². The lowest BCUT2D eigenvalue weighted by molar-refractivity contribution is -0.117. The maximum atomic E-state index is 13.2. The van der Waals surface area contributed by atoms with Crippen molar-refractivity contribution in [3.8, 4) is 0 Å². The summed E-state index contributed by atoms with van der Waals surface area (Å²) in [5.74, 6) is 0.0907. The molecule has 7 heteroatoms. The number of benzene rings is 2. The van der Waals surface area contributed by atoms with E-state index in [0.29, 0.717) is 24.5 Å². The average molecular weight is 405 g/mol. The van der Waals surface area contributed by atoms with Gasteiger partial charge in [-0.25, -0.2) is 8.42 Å². The minimum absolute atomic E-state index is 0.0907. The fourth-order valence-electron chi connectivity index (χ4n) is 3.90. The molecule has 4 rings (SSSR count). The van der Waals surface area contributed by atoms with Crippen molar-refractivity contribution in [1.82, 2.24) is 4.31 Å². The molecule has 0 saturated carbocycles. The zero-order chi connectivity index (χ0) is 19.0. The van der Waals surface area contributed by atoms with Gasteiger partial charge in [0.2, 0.25) is 15.9 Å². The Morgan fingerprint density at radius 2 is 1.63 bits per heavy atom. The van der Waals surface area contributed by atoms with Gasteiger partial charge in [0, 0.05) is 30.2 Å². The van der Waals surface area contributed by atoms with Crippen LogP contribution < -0.4 is 4.90 Å². The van der Waals surface area contributed by atoms with E-state index >= 15 is 0 Å². The number of carbonyl (C=O) groups is 1. The lowest BCUT2D eigenvalue weighted by Gasteiger charge is -2.25. The predicted molar refractivity (Wildman–Crippen MR) is 105 cm³/mol. The molecule has 1 atom stereocenters. The Morgan fingerprint density at radius 1 is 0.926 bits per heavy atom. The molecule has 142 valence electrons. The first kappa shape index (κ1) is 18.5. The van der Waals surface area contributed by atoms with Gasteiger partial charge in [-0.15, -0.1) is 0 Å². The second kappa shape index (κ2) is 7.26. The molecule has 0 aromatic heterocycles. The van der Waals surface area contributed by atoms with E-state index in [4.69, 9.17) is 11.6 Å². The largest absolute Gasteiger partial charge is 0.312 e. The molecular formula is C20H21ClN2O3S. The first-order valence-electron chi connectivity index (χ1n) is 9.14. The number of nitrogens with zero attached hydrogens (tertiary/aromatic N) is 2. The summed E-state index contributed by atoms with van der Waals surface area (Å²) in [5, 5.41) is 0.637. The van der Waals surface area contributed by atoms with Crippen molar-refractivity contribution in [2.75, 3.05) is 18.0 Å². The Morgan fingerprint density at radius 3 is 2.26 bits per heavy atom. The molecule has 0 radical (unpaired) electrons. The summed E-state index contributed by atoms with van der Waals surface area (Å²) >= 11 is 5.96. The topological polar surface area (TPSA) is 57.7 Å². The number of halogens is 1. The maximum absolute atomic E-state index is 13.2. The molecule has 0 spiro atoms. The predicted octanol–water partition coefficient (Wildman–Crippen LogP) is 3.99. The summed E-state index contributed by atoms with van der Waals surface area (Å²) in [6.07, 6.45) is 3.01. The highest BCUT2D eigenvalue weighted by molar-refractivity contribution is 7.89. The Labute approximate surface area is 164 Å². The standard InChI is InChI=1S/C20H21ClN2O3S/c21-16-7-5-15(6-8-16)19-3-1-14-23(19)27(25,26)18-11-9-17(10-12-18)22-13-2-4-20(22)24/h5-12,19H,1-4,13-14H2/t19-/m0/s1. The third kappa shape index (κ3) is 3.49. The van der Waals surface area contributed by atoms with E-state index in [1.165, 1.54) is 0 Å². The monoisotopic (exact) mass is 404 g/mol. The summed E-state index contributed by atoms with van der Waals surface area (Å²) < 4.78 is 28.0. The van der Waals surface area contributed by atoms with E-state index in [1.807, 2.05) is 12.1 Å². The molecule has 2 heterocycles. The van der Waals surface area contributed by atoms with Crippen molar-refractivity contribution in [3.05, 3.63) is 59.1 Å². The summed E-state index contributed by atoms with van der Waals surface area (Å²) in [5.41, 5.74) is 1.71. The lowest BCUT2D eigenvalue weighted by atomic mass is 10.1. The van der Waals surface area contributed by atoms with Gasteiger partial charge in [0.1, 0.15) is 0 Å². The fourth-order valence-corrected chi connectivity index (χ4v) is 5.71. The minimum Gasteiger partial charge on any atom is -0.312 e. The third-order valence-electron chi connectivity index (χ3n) is 5.29. The van der Waals surface area contributed by atoms with E-state index in [-0.39, 0.29) is 16.8 Å². The maximum Gasteiger partial charge on any atom is 0.243 e. The molecule has 5 nitrogen and oxygen atoms in total. The molecule has 2 fully saturated rings. The zero-order valence-electron chi connectivity index (χ0n) is 14.8. The Bertz CT molecular complexity index is 942. The van der Waals surface area contributed by atoms with E-state index in [1.54, 1.807) is 45.6 Å². The molecule has 0 aliphatic carbocycles. The van der Waals surface area contributed by atoms with Gasteiger partial charge in [0.25, 0.3) is 0 Å². The molecule has 2 saturated heterocycles. The van der Waals surface area contributed by atoms with Crippen LogP contribution in [-0.2, 0) is 14.8 Å². The highest BCUT2D eigenvalue weighted by atomic mass is 35.5. The first-order chi connectivity index (χ1) is 13.0. The number of hydrogen-bond donors (Lipinski definition) is 0. The molecule has 0 unspecified atom stereocenters. The van der Waals surface area contributed by atoms with Crippen molar-refractivity contribution in [2.45, 2.75) is 36.6 Å². The second-order valence-electron chi connectivity index (χ2n) is 6.97. The smallest absolute Gasteiger partial charge is 0.243 e. The van der Waals surface area contributed by atoms with Crippen LogP contribution in [0.3, 0.4) is 0 Å². The molecule has 2 aromatic carbocycles. The molecule has 2 aliphatic heterocycles. The van der Waals surface area contributed by atoms with Crippen LogP contribution >= 0.6 is 11.6 Å². The van der Waals surface area contributed by atoms with Crippen molar-refractivity contribution in [1.29, 1.82) is 0 Å². The van der Waals surface area contributed by atoms with Gasteiger partial charge in [0.05, 0.1) is 10.9 Å². The van der Waals surface area contributed by atoms with Crippen molar-refractivity contribution < 1.29 is 13.2 Å². The number of carbonyl (C=O) groups excluding carboxylic acids is 1. The van der Waals surface area contributed by atoms with Crippen LogP contribution in [0.25, 0.3) is 0 Å². The van der Waals surface area contributed by atoms with Crippen LogP contribution in [0.15, 0.2) is 53.4 Å². The lowest BCUT2D eigenvalue weighted by Crippen LogP contribution is -2.30. The van der Waals surface area contributed by atoms with Crippen LogP contribution in [-0.4, -0.2) is 31.7 Å². The van der Waals surface area contributed by atoms with Crippen LogP contribution in [0.4, 0.5) is 5.69 Å². The van der Waals surface area contributed by atoms with E-state index in [2.05, 4.69) is 0 Å². The SMILES string of the molecule is O=C1CCCN1c1ccc(S(=O)(=O)N2CCC[C@H]2c2ccc(Cl)cc2)cc1. The van der Waals surface area contributed by atoms with Gasteiger partial charge in [-0.05, 0) is 61.2 Å². The molecular weight excluding hydrogens is 384 g/mol. The van der Waals surface area contributed by atoms with E-state index in [0.717, 1.165) is 30.5 Å². The van der Waals surface area contributed by atoms with Crippen LogP contribution in [0.2, 0.25) is 5.02 Å². The number of sulfonamides is 1. The molecule has 1 amide bonds. The van der Waals surface area contributed by atoms with E-state index in [9.17, 15) is 13.2 Å². The summed E-state index contributed by atoms with van der Waals surface area (Å²) in [7, 11) is -3.60. The van der Waals surface area contributed by atoms with Crippen molar-refractivity contribution in [3.63, 3.8) is 0 Å². The van der Waals surface area contributed by atoms with Crippen LogP contribution in [0, 0.1) is 0 Å². The Balaban J connectivity index is 1.60. The first-order valence-corrected chi connectivity index (χ1v) is 11.0. The van der Waals surface area contributed by atoms with Gasteiger partial charge in [-0.3, -0.25) is 4.79 Å². The minimum atomic E-state index is -3.60. The summed E-state index contributed by atoms with van der Waals surface area (Å²) in [6, 6.07) is 13.9. The number of amides is 1. The van der Waals surface area contributed by atoms with E-state index < -0.39 is 10.0 Å². The second-order valence-corrected chi connectivity index (χ2v) is 9.30.